The van der Waals surface area contributed by atoms with E-state index in [0.29, 0.717) is 11.4 Å². The zero-order valence-corrected chi connectivity index (χ0v) is 10.1. The van der Waals surface area contributed by atoms with Crippen molar-refractivity contribution in [2.45, 2.75) is 6.10 Å². The van der Waals surface area contributed by atoms with Crippen LogP contribution in [0.25, 0.3) is 0 Å². The van der Waals surface area contributed by atoms with Crippen molar-refractivity contribution in [1.82, 2.24) is 9.97 Å². The van der Waals surface area contributed by atoms with Crippen molar-refractivity contribution in [3.8, 4) is 0 Å². The van der Waals surface area contributed by atoms with Crippen LogP contribution in [0.5, 0.6) is 0 Å². The molecule has 0 unspecified atom stereocenters. The van der Waals surface area contributed by atoms with Gasteiger partial charge in [-0.3, -0.25) is 4.98 Å². The van der Waals surface area contributed by atoms with E-state index in [2.05, 4.69) is 15.3 Å². The molecule has 0 aliphatic rings. The molecule has 1 aromatic carbocycles. The van der Waals surface area contributed by atoms with Crippen molar-refractivity contribution in [2.75, 3.05) is 11.9 Å². The van der Waals surface area contributed by atoms with Gasteiger partial charge in [-0.25, -0.2) is 9.37 Å². The number of aromatic nitrogens is 2. The van der Waals surface area contributed by atoms with E-state index < -0.39 is 6.10 Å². The van der Waals surface area contributed by atoms with Crippen molar-refractivity contribution in [3.63, 3.8) is 0 Å². The summed E-state index contributed by atoms with van der Waals surface area (Å²) in [4.78, 5) is 7.83. The maximum Gasteiger partial charge on any atom is 0.149 e. The van der Waals surface area contributed by atoms with Gasteiger partial charge in [-0.05, 0) is 17.7 Å². The summed E-state index contributed by atoms with van der Waals surface area (Å²) in [5.41, 5.74) is 0.624. The molecule has 0 aliphatic carbocycles. The van der Waals surface area contributed by atoms with Crippen LogP contribution in [0, 0.1) is 5.82 Å². The highest BCUT2D eigenvalue weighted by molar-refractivity contribution is 6.29. The van der Waals surface area contributed by atoms with Crippen molar-refractivity contribution >= 4 is 17.4 Å². The fourth-order valence-corrected chi connectivity index (χ4v) is 1.58. The van der Waals surface area contributed by atoms with Gasteiger partial charge < -0.3 is 10.4 Å². The Morgan fingerprint density at radius 2 is 2.00 bits per heavy atom. The first-order chi connectivity index (χ1) is 8.65. The first-order valence-electron chi connectivity index (χ1n) is 5.30. The Hall–Kier alpha value is -1.72. The number of hydrogen-bond donors (Lipinski definition) is 2. The number of aliphatic hydroxyl groups excluding tert-OH is 1. The van der Waals surface area contributed by atoms with Crippen LogP contribution < -0.4 is 5.32 Å². The lowest BCUT2D eigenvalue weighted by Gasteiger charge is -2.12. The molecule has 2 aromatic rings. The average molecular weight is 268 g/mol. The summed E-state index contributed by atoms with van der Waals surface area (Å²) < 4.78 is 12.7. The summed E-state index contributed by atoms with van der Waals surface area (Å²) in [6.45, 7) is 0.237. The van der Waals surface area contributed by atoms with Gasteiger partial charge in [0.1, 0.15) is 16.8 Å². The fraction of sp³-hybridized carbons (Fsp3) is 0.167. The summed E-state index contributed by atoms with van der Waals surface area (Å²) >= 11 is 5.68. The second-order valence-electron chi connectivity index (χ2n) is 3.68. The zero-order valence-electron chi connectivity index (χ0n) is 9.35. The Morgan fingerprint density at radius 3 is 2.67 bits per heavy atom. The molecule has 4 nitrogen and oxygen atoms in total. The number of nitrogens with zero attached hydrogens (tertiary/aromatic N) is 2. The number of hydrogen-bond acceptors (Lipinski definition) is 4. The molecule has 1 atom stereocenters. The van der Waals surface area contributed by atoms with E-state index in [4.69, 9.17) is 11.6 Å². The summed E-state index contributed by atoms with van der Waals surface area (Å²) in [7, 11) is 0. The molecule has 2 N–H and O–H groups in total. The molecule has 0 fully saturated rings. The first kappa shape index (κ1) is 12.7. The van der Waals surface area contributed by atoms with E-state index >= 15 is 0 Å². The number of benzene rings is 1. The third kappa shape index (κ3) is 3.38. The second kappa shape index (κ2) is 5.75. The smallest absolute Gasteiger partial charge is 0.149 e. The van der Waals surface area contributed by atoms with Crippen LogP contribution in [0.15, 0.2) is 36.7 Å². The predicted molar refractivity (Wildman–Crippen MR) is 66.9 cm³/mol. The Balaban J connectivity index is 1.96. The molecule has 0 radical (unpaired) electrons. The van der Waals surface area contributed by atoms with Gasteiger partial charge in [0.2, 0.25) is 0 Å². The van der Waals surface area contributed by atoms with Gasteiger partial charge in [-0.1, -0.05) is 23.7 Å². The molecule has 0 bridgehead atoms. The molecule has 1 heterocycles. The van der Waals surface area contributed by atoms with Gasteiger partial charge in [0.25, 0.3) is 0 Å². The summed E-state index contributed by atoms with van der Waals surface area (Å²) in [5, 5.41) is 13.0. The number of halogens is 2. The summed E-state index contributed by atoms with van der Waals surface area (Å²) in [5.74, 6) is 0.142. The molecule has 0 amide bonds. The average Bonchev–Trinajstić information content (AvgIpc) is 2.37. The minimum atomic E-state index is -0.758. The van der Waals surface area contributed by atoms with E-state index in [9.17, 15) is 9.50 Å². The second-order valence-corrected chi connectivity index (χ2v) is 4.06. The maximum atomic E-state index is 12.7. The van der Waals surface area contributed by atoms with Crippen molar-refractivity contribution < 1.29 is 9.50 Å². The summed E-state index contributed by atoms with van der Waals surface area (Å²) in [6, 6.07) is 5.67. The van der Waals surface area contributed by atoms with Gasteiger partial charge in [0, 0.05) is 6.54 Å². The van der Waals surface area contributed by atoms with E-state index in [1.165, 1.54) is 36.7 Å². The lowest BCUT2D eigenvalue weighted by Crippen LogP contribution is -2.13. The molecule has 0 spiro atoms. The molecule has 1 aromatic heterocycles. The molecule has 94 valence electrons. The molecule has 0 aliphatic heterocycles. The Labute approximate surface area is 108 Å². The van der Waals surface area contributed by atoms with Gasteiger partial charge >= 0.3 is 0 Å². The number of rotatable bonds is 4. The molecule has 18 heavy (non-hydrogen) atoms. The Bertz CT molecular complexity index is 521. The quantitative estimate of drug-likeness (QED) is 0.893. The highest BCUT2D eigenvalue weighted by Gasteiger charge is 2.07. The van der Waals surface area contributed by atoms with E-state index in [0.717, 1.165) is 0 Å². The molecule has 2 rings (SSSR count). The van der Waals surface area contributed by atoms with E-state index in [1.807, 2.05) is 0 Å². The third-order valence-electron chi connectivity index (χ3n) is 2.34. The molecule has 0 saturated heterocycles. The largest absolute Gasteiger partial charge is 0.387 e. The fourth-order valence-electron chi connectivity index (χ4n) is 1.43. The first-order valence-corrected chi connectivity index (χ1v) is 5.68. The van der Waals surface area contributed by atoms with Crippen LogP contribution in [-0.2, 0) is 0 Å². The van der Waals surface area contributed by atoms with Crippen LogP contribution in [0.2, 0.25) is 5.15 Å². The predicted octanol–water partition coefficient (Wildman–Crippen LogP) is 2.41. The number of nitrogens with one attached hydrogen (secondary N) is 1. The van der Waals surface area contributed by atoms with Crippen LogP contribution in [0.4, 0.5) is 10.2 Å². The van der Waals surface area contributed by atoms with E-state index in [-0.39, 0.29) is 17.5 Å². The molecule has 0 saturated carbocycles. The molecular formula is C12H11ClFN3O. The SMILES string of the molecule is O[C@H](CNc1cncc(Cl)n1)c1ccc(F)cc1. The van der Waals surface area contributed by atoms with Gasteiger partial charge in [-0.15, -0.1) is 0 Å². The highest BCUT2D eigenvalue weighted by Crippen LogP contribution is 2.14. The highest BCUT2D eigenvalue weighted by atomic mass is 35.5. The van der Waals surface area contributed by atoms with E-state index in [1.54, 1.807) is 0 Å². The topological polar surface area (TPSA) is 58.0 Å². The van der Waals surface area contributed by atoms with Crippen LogP contribution in [0.1, 0.15) is 11.7 Å². The lowest BCUT2D eigenvalue weighted by molar-refractivity contribution is 0.191. The van der Waals surface area contributed by atoms with Gasteiger partial charge in [0.15, 0.2) is 0 Å². The summed E-state index contributed by atoms with van der Waals surface area (Å²) in [6.07, 6.45) is 2.17. The minimum absolute atomic E-state index is 0.237. The minimum Gasteiger partial charge on any atom is -0.387 e. The lowest BCUT2D eigenvalue weighted by atomic mass is 10.1. The van der Waals surface area contributed by atoms with Gasteiger partial charge in [0.05, 0.1) is 18.5 Å². The van der Waals surface area contributed by atoms with Crippen molar-refractivity contribution in [1.29, 1.82) is 0 Å². The van der Waals surface area contributed by atoms with Crippen LogP contribution >= 0.6 is 11.6 Å². The number of aliphatic hydroxyl groups is 1. The van der Waals surface area contributed by atoms with Crippen LogP contribution in [0.3, 0.4) is 0 Å². The maximum absolute atomic E-state index is 12.7. The monoisotopic (exact) mass is 267 g/mol. The Kier molecular flexibility index (Phi) is 4.07. The standard InChI is InChI=1S/C12H11ClFN3O/c13-11-6-15-7-12(17-11)16-5-10(18)8-1-3-9(14)4-2-8/h1-4,6-7,10,18H,5H2,(H,16,17)/t10-/m1/s1. The van der Waals surface area contributed by atoms with Crippen molar-refractivity contribution in [2.24, 2.45) is 0 Å². The van der Waals surface area contributed by atoms with Crippen molar-refractivity contribution in [3.05, 3.63) is 53.2 Å². The zero-order chi connectivity index (χ0) is 13.0. The molecule has 6 heteroatoms. The van der Waals surface area contributed by atoms with Gasteiger partial charge in [-0.2, -0.15) is 0 Å². The molecular weight excluding hydrogens is 257 g/mol. The Morgan fingerprint density at radius 1 is 1.28 bits per heavy atom. The van der Waals surface area contributed by atoms with Crippen LogP contribution in [-0.4, -0.2) is 21.6 Å². The number of anilines is 1. The third-order valence-corrected chi connectivity index (χ3v) is 2.52. The normalized spacial score (nSPS) is 12.2.